The van der Waals surface area contributed by atoms with Crippen molar-refractivity contribution in [3.8, 4) is 11.5 Å². The SMILES string of the molecule is Cc1ccc(O)c(N2C(=O)C(=O)/C(=C(/O)c3ccc(OCC(C)C)cc3)C2c2ccccn2)c1. The minimum absolute atomic E-state index is 0.0968. The number of hydrogen-bond acceptors (Lipinski definition) is 6. The average Bonchev–Trinajstić information content (AvgIpc) is 3.10. The highest BCUT2D eigenvalue weighted by Gasteiger charge is 2.48. The van der Waals surface area contributed by atoms with E-state index in [-0.39, 0.29) is 22.8 Å². The maximum absolute atomic E-state index is 13.2. The number of ether oxygens (including phenoxy) is 1. The number of phenolic OH excluding ortho intramolecular Hbond substituents is 1. The number of phenols is 1. The molecule has 1 aromatic heterocycles. The third-order valence-electron chi connectivity index (χ3n) is 5.51. The minimum atomic E-state index is -1.01. The van der Waals surface area contributed by atoms with Crippen molar-refractivity contribution < 1.29 is 24.5 Å². The summed E-state index contributed by atoms with van der Waals surface area (Å²) in [4.78, 5) is 31.9. The van der Waals surface area contributed by atoms with Crippen molar-refractivity contribution in [3.63, 3.8) is 0 Å². The molecule has 4 rings (SSSR count). The Bertz CT molecular complexity index is 1250. The summed E-state index contributed by atoms with van der Waals surface area (Å²) in [5, 5.41) is 21.7. The van der Waals surface area contributed by atoms with Gasteiger partial charge in [0.2, 0.25) is 0 Å². The van der Waals surface area contributed by atoms with E-state index in [9.17, 15) is 19.8 Å². The molecule has 1 fully saturated rings. The quantitative estimate of drug-likeness (QED) is 0.314. The highest BCUT2D eigenvalue weighted by molar-refractivity contribution is 6.51. The van der Waals surface area contributed by atoms with Gasteiger partial charge in [-0.25, -0.2) is 0 Å². The van der Waals surface area contributed by atoms with Gasteiger partial charge in [0, 0.05) is 11.8 Å². The Hall–Kier alpha value is -4.13. The first-order chi connectivity index (χ1) is 16.3. The third-order valence-corrected chi connectivity index (χ3v) is 5.51. The number of aliphatic hydroxyl groups excluding tert-OH is 1. The van der Waals surface area contributed by atoms with E-state index in [0.717, 1.165) is 5.56 Å². The molecule has 0 spiro atoms. The lowest BCUT2D eigenvalue weighted by Gasteiger charge is -2.25. The van der Waals surface area contributed by atoms with Crippen molar-refractivity contribution in [1.29, 1.82) is 0 Å². The zero-order valence-electron chi connectivity index (χ0n) is 19.2. The molecule has 174 valence electrons. The maximum atomic E-state index is 13.2. The van der Waals surface area contributed by atoms with Crippen LogP contribution in [0.3, 0.4) is 0 Å². The van der Waals surface area contributed by atoms with Crippen LogP contribution in [0.15, 0.2) is 72.4 Å². The van der Waals surface area contributed by atoms with Gasteiger partial charge in [-0.05, 0) is 66.9 Å². The first kappa shape index (κ1) is 23.0. The van der Waals surface area contributed by atoms with E-state index < -0.39 is 17.7 Å². The van der Waals surface area contributed by atoms with Crippen LogP contribution in [-0.2, 0) is 9.59 Å². The van der Waals surface area contributed by atoms with Crippen molar-refractivity contribution in [2.24, 2.45) is 5.92 Å². The summed E-state index contributed by atoms with van der Waals surface area (Å²) in [6.07, 6.45) is 1.55. The molecule has 34 heavy (non-hydrogen) atoms. The molecule has 1 saturated heterocycles. The molecule has 1 aliphatic rings. The van der Waals surface area contributed by atoms with E-state index >= 15 is 0 Å². The van der Waals surface area contributed by atoms with Gasteiger partial charge in [-0.3, -0.25) is 19.5 Å². The van der Waals surface area contributed by atoms with Gasteiger partial charge in [0.25, 0.3) is 11.7 Å². The van der Waals surface area contributed by atoms with Crippen LogP contribution in [0, 0.1) is 12.8 Å². The van der Waals surface area contributed by atoms with Crippen LogP contribution >= 0.6 is 0 Å². The number of anilines is 1. The summed E-state index contributed by atoms with van der Waals surface area (Å²) in [5.74, 6) is -1.18. The fourth-order valence-electron chi connectivity index (χ4n) is 3.85. The van der Waals surface area contributed by atoms with Crippen LogP contribution in [0.1, 0.15) is 36.7 Å². The zero-order valence-corrected chi connectivity index (χ0v) is 19.2. The fourth-order valence-corrected chi connectivity index (χ4v) is 3.85. The Kier molecular flexibility index (Phi) is 6.36. The van der Waals surface area contributed by atoms with Crippen LogP contribution in [0.25, 0.3) is 5.76 Å². The topological polar surface area (TPSA) is 100.0 Å². The number of aryl methyl sites for hydroxylation is 1. The predicted octanol–water partition coefficient (Wildman–Crippen LogP) is 4.76. The van der Waals surface area contributed by atoms with E-state index in [1.54, 1.807) is 60.8 Å². The molecule has 1 unspecified atom stereocenters. The molecule has 1 atom stereocenters. The van der Waals surface area contributed by atoms with E-state index in [4.69, 9.17) is 4.74 Å². The van der Waals surface area contributed by atoms with Crippen molar-refractivity contribution in [2.75, 3.05) is 11.5 Å². The molecule has 3 aromatic rings. The fraction of sp³-hybridized carbons (Fsp3) is 0.222. The van der Waals surface area contributed by atoms with Gasteiger partial charge in [-0.2, -0.15) is 0 Å². The number of benzene rings is 2. The molecule has 0 bridgehead atoms. The van der Waals surface area contributed by atoms with E-state index in [1.807, 2.05) is 20.8 Å². The lowest BCUT2D eigenvalue weighted by molar-refractivity contribution is -0.132. The summed E-state index contributed by atoms with van der Waals surface area (Å²) < 4.78 is 5.69. The summed E-state index contributed by atoms with van der Waals surface area (Å²) in [7, 11) is 0. The number of carbonyl (C=O) groups is 2. The normalized spacial score (nSPS) is 17.4. The number of aliphatic hydroxyl groups is 1. The number of nitrogens with zero attached hydrogens (tertiary/aromatic N) is 2. The molecule has 2 heterocycles. The first-order valence-corrected chi connectivity index (χ1v) is 11.0. The van der Waals surface area contributed by atoms with Crippen molar-refractivity contribution >= 4 is 23.1 Å². The molecule has 0 radical (unpaired) electrons. The Balaban J connectivity index is 1.83. The smallest absolute Gasteiger partial charge is 0.300 e. The van der Waals surface area contributed by atoms with Crippen LogP contribution in [0.5, 0.6) is 11.5 Å². The number of rotatable bonds is 6. The summed E-state index contributed by atoms with van der Waals surface area (Å²) in [6, 6.07) is 15.6. The third kappa shape index (κ3) is 4.37. The summed E-state index contributed by atoms with van der Waals surface area (Å²) in [5.41, 5.74) is 1.63. The molecule has 2 aromatic carbocycles. The molecule has 7 heteroatoms. The highest BCUT2D eigenvalue weighted by atomic mass is 16.5. The molecule has 0 aliphatic carbocycles. The number of hydrogen-bond donors (Lipinski definition) is 2. The van der Waals surface area contributed by atoms with Gasteiger partial charge < -0.3 is 14.9 Å². The Morgan fingerprint density at radius 3 is 2.47 bits per heavy atom. The monoisotopic (exact) mass is 458 g/mol. The van der Waals surface area contributed by atoms with Gasteiger partial charge in [-0.15, -0.1) is 0 Å². The summed E-state index contributed by atoms with van der Waals surface area (Å²) in [6.45, 7) is 6.46. The second kappa shape index (κ2) is 9.39. The second-order valence-electron chi connectivity index (χ2n) is 8.65. The Labute approximate surface area is 198 Å². The van der Waals surface area contributed by atoms with Crippen LogP contribution in [0.4, 0.5) is 5.69 Å². The molecule has 1 aliphatic heterocycles. The number of amides is 1. The number of carbonyl (C=O) groups excluding carboxylic acids is 2. The molecule has 2 N–H and O–H groups in total. The number of Topliss-reactive ketones (excluding diaryl/α,β-unsaturated/α-hetero) is 1. The van der Waals surface area contributed by atoms with Crippen LogP contribution < -0.4 is 9.64 Å². The van der Waals surface area contributed by atoms with Gasteiger partial charge >= 0.3 is 0 Å². The molecule has 7 nitrogen and oxygen atoms in total. The molecule has 0 saturated carbocycles. The first-order valence-electron chi connectivity index (χ1n) is 11.0. The average molecular weight is 459 g/mol. The number of ketones is 1. The number of aromatic hydroxyl groups is 1. The van der Waals surface area contributed by atoms with Crippen molar-refractivity contribution in [1.82, 2.24) is 4.98 Å². The molecule has 1 amide bonds. The molecular weight excluding hydrogens is 432 g/mol. The lowest BCUT2D eigenvalue weighted by Crippen LogP contribution is -2.30. The van der Waals surface area contributed by atoms with Crippen molar-refractivity contribution in [2.45, 2.75) is 26.8 Å². The van der Waals surface area contributed by atoms with Gasteiger partial charge in [0.15, 0.2) is 0 Å². The standard InChI is InChI=1S/C27H26N2O5/c1-16(2)15-34-19-10-8-18(9-11-19)25(31)23-24(20-6-4-5-13-28-20)29(27(33)26(23)32)21-14-17(3)7-12-22(21)30/h4-14,16,24,30-31H,15H2,1-3H3/b25-23+. The largest absolute Gasteiger partial charge is 0.507 e. The zero-order chi connectivity index (χ0) is 24.4. The van der Waals surface area contributed by atoms with Crippen LogP contribution in [-0.4, -0.2) is 33.5 Å². The van der Waals surface area contributed by atoms with Gasteiger partial charge in [-0.1, -0.05) is 26.0 Å². The highest BCUT2D eigenvalue weighted by Crippen LogP contribution is 2.44. The summed E-state index contributed by atoms with van der Waals surface area (Å²) >= 11 is 0. The number of aromatic nitrogens is 1. The van der Waals surface area contributed by atoms with E-state index in [0.29, 0.717) is 29.5 Å². The van der Waals surface area contributed by atoms with Crippen LogP contribution in [0.2, 0.25) is 0 Å². The Morgan fingerprint density at radius 1 is 1.09 bits per heavy atom. The Morgan fingerprint density at radius 2 is 1.82 bits per heavy atom. The lowest BCUT2D eigenvalue weighted by atomic mass is 9.98. The number of pyridine rings is 1. The van der Waals surface area contributed by atoms with Gasteiger partial charge in [0.1, 0.15) is 23.3 Å². The van der Waals surface area contributed by atoms with Crippen molar-refractivity contribution in [3.05, 3.63) is 89.3 Å². The van der Waals surface area contributed by atoms with E-state index in [1.165, 1.54) is 11.0 Å². The maximum Gasteiger partial charge on any atom is 0.300 e. The molecular formula is C27H26N2O5. The van der Waals surface area contributed by atoms with Gasteiger partial charge in [0.05, 0.1) is 23.6 Å². The van der Waals surface area contributed by atoms with E-state index in [2.05, 4.69) is 4.98 Å². The minimum Gasteiger partial charge on any atom is -0.507 e. The predicted molar refractivity (Wildman–Crippen MR) is 129 cm³/mol. The second-order valence-corrected chi connectivity index (χ2v) is 8.65.